The zero-order valence-electron chi connectivity index (χ0n) is 23.2. The number of carbonyl (C=O) groups excluding carboxylic acids is 2. The zero-order valence-corrected chi connectivity index (χ0v) is 24.0. The van der Waals surface area contributed by atoms with E-state index in [4.69, 9.17) is 0 Å². The maximum absolute atomic E-state index is 12.5. The fourth-order valence-electron chi connectivity index (χ4n) is 4.49. The van der Waals surface area contributed by atoms with Crippen LogP contribution < -0.4 is 16.0 Å². The Morgan fingerprint density at radius 2 is 1.43 bits per heavy atom. The van der Waals surface area contributed by atoms with Crippen LogP contribution in [0.5, 0.6) is 0 Å². The first kappa shape index (κ1) is 31.2. The average molecular weight is 528 g/mol. The van der Waals surface area contributed by atoms with Crippen molar-refractivity contribution < 1.29 is 9.59 Å². The molecular formula is C31H49N3O2S. The highest BCUT2D eigenvalue weighted by atomic mass is 32.2. The molecule has 5 nitrogen and oxygen atoms in total. The van der Waals surface area contributed by atoms with Crippen molar-refractivity contribution >= 4 is 29.3 Å². The highest BCUT2D eigenvalue weighted by Crippen LogP contribution is 2.33. The molecule has 1 saturated heterocycles. The second-order valence-corrected chi connectivity index (χ2v) is 11.3. The lowest BCUT2D eigenvalue weighted by Crippen LogP contribution is -2.42. The number of thioether (sulfide) groups is 1. The predicted octanol–water partition coefficient (Wildman–Crippen LogP) is 7.34. The number of unbranched alkanes of at least 4 members (excludes halogenated alkanes) is 13. The Labute approximate surface area is 230 Å². The largest absolute Gasteiger partial charge is 0.355 e. The van der Waals surface area contributed by atoms with Crippen LogP contribution in [-0.4, -0.2) is 30.2 Å². The fourth-order valence-corrected chi connectivity index (χ4v) is 5.73. The molecule has 3 N–H and O–H groups in total. The Morgan fingerprint density at radius 1 is 0.865 bits per heavy atom. The summed E-state index contributed by atoms with van der Waals surface area (Å²) in [5.41, 5.74) is 1.91. The molecule has 0 saturated carbocycles. The summed E-state index contributed by atoms with van der Waals surface area (Å²) in [6.45, 7) is 4.52. The molecule has 37 heavy (non-hydrogen) atoms. The first-order chi connectivity index (χ1) is 18.1. The van der Waals surface area contributed by atoms with Gasteiger partial charge in [-0.2, -0.15) is 0 Å². The lowest BCUT2D eigenvalue weighted by atomic mass is 10.1. The first-order valence-electron chi connectivity index (χ1n) is 14.6. The molecule has 0 spiro atoms. The molecule has 206 valence electrons. The summed E-state index contributed by atoms with van der Waals surface area (Å²) in [4.78, 5) is 23.7. The van der Waals surface area contributed by atoms with Gasteiger partial charge in [0.05, 0.1) is 11.4 Å². The summed E-state index contributed by atoms with van der Waals surface area (Å²) in [6.07, 6.45) is 18.7. The van der Waals surface area contributed by atoms with E-state index in [0.29, 0.717) is 0 Å². The van der Waals surface area contributed by atoms with Gasteiger partial charge in [0.1, 0.15) is 0 Å². The average Bonchev–Trinajstić information content (AvgIpc) is 3.38. The van der Waals surface area contributed by atoms with Crippen molar-refractivity contribution in [1.82, 2.24) is 10.6 Å². The molecule has 0 bridgehead atoms. The van der Waals surface area contributed by atoms with Crippen molar-refractivity contribution in [2.75, 3.05) is 17.6 Å². The molecular weight excluding hydrogens is 478 g/mol. The number of hydrogen-bond acceptors (Lipinski definition) is 4. The first-order valence-corrected chi connectivity index (χ1v) is 15.6. The van der Waals surface area contributed by atoms with Crippen LogP contribution in [0.3, 0.4) is 0 Å². The maximum Gasteiger partial charge on any atom is 0.238 e. The minimum absolute atomic E-state index is 0.0761. The maximum atomic E-state index is 12.5. The molecule has 0 radical (unpaired) electrons. The van der Waals surface area contributed by atoms with Gasteiger partial charge in [-0.25, -0.2) is 0 Å². The number of carbonyl (C=O) groups is 2. The van der Waals surface area contributed by atoms with Gasteiger partial charge in [0.15, 0.2) is 0 Å². The van der Waals surface area contributed by atoms with Crippen LogP contribution in [0.2, 0.25) is 0 Å². The van der Waals surface area contributed by atoms with Crippen LogP contribution in [0.1, 0.15) is 121 Å². The van der Waals surface area contributed by atoms with E-state index >= 15 is 0 Å². The fraction of sp³-hybridized carbons (Fsp3) is 0.677. The summed E-state index contributed by atoms with van der Waals surface area (Å²) in [5.74, 6) is 7.49. The minimum Gasteiger partial charge on any atom is -0.355 e. The van der Waals surface area contributed by atoms with Gasteiger partial charge in [-0.05, 0) is 37.0 Å². The van der Waals surface area contributed by atoms with E-state index in [1.165, 1.54) is 84.0 Å². The number of amides is 2. The van der Waals surface area contributed by atoms with E-state index in [0.717, 1.165) is 42.8 Å². The number of hydrogen-bond donors (Lipinski definition) is 3. The third-order valence-electron chi connectivity index (χ3n) is 6.69. The Hall–Kier alpha value is -1.97. The van der Waals surface area contributed by atoms with E-state index in [1.54, 1.807) is 11.8 Å². The summed E-state index contributed by atoms with van der Waals surface area (Å²) < 4.78 is 0. The topological polar surface area (TPSA) is 70.2 Å². The third kappa shape index (κ3) is 14.5. The van der Waals surface area contributed by atoms with Crippen molar-refractivity contribution in [2.24, 2.45) is 0 Å². The van der Waals surface area contributed by atoms with E-state index in [2.05, 4.69) is 34.7 Å². The molecule has 2 atom stereocenters. The molecule has 1 aliphatic rings. The number of anilines is 1. The standard InChI is InChI=1S/C31H49N3O2S/c1-3-4-5-6-7-8-9-10-11-12-13-14-15-16-17-18-19-24-32-30(36)29-25-37-31(34-29)27-20-22-28(23-21-27)33-26(2)35/h20-23,29,31,34H,3-9,12-19,24-25H2,1-2H3,(H,32,36)(H,33,35)/t29-,31?/m0/s1. The predicted molar refractivity (Wildman–Crippen MR) is 159 cm³/mol. The summed E-state index contributed by atoms with van der Waals surface area (Å²) in [6, 6.07) is 7.65. The molecule has 2 amide bonds. The van der Waals surface area contributed by atoms with Crippen molar-refractivity contribution in [3.63, 3.8) is 0 Å². The molecule has 1 aromatic carbocycles. The van der Waals surface area contributed by atoms with Gasteiger partial charge >= 0.3 is 0 Å². The van der Waals surface area contributed by atoms with Crippen molar-refractivity contribution in [1.29, 1.82) is 0 Å². The van der Waals surface area contributed by atoms with Crippen LogP contribution in [0.4, 0.5) is 5.69 Å². The molecule has 6 heteroatoms. The number of benzene rings is 1. The van der Waals surface area contributed by atoms with Gasteiger partial charge in [0.25, 0.3) is 0 Å². The SMILES string of the molecule is CCCCCCCCC#CCCCCCCCCCNC(=O)[C@@H]1CSC(c2ccc(NC(C)=O)cc2)N1. The lowest BCUT2D eigenvalue weighted by Gasteiger charge is -2.14. The van der Waals surface area contributed by atoms with Gasteiger partial charge < -0.3 is 10.6 Å². The molecule has 2 rings (SSSR count). The zero-order chi connectivity index (χ0) is 26.6. The molecule has 1 fully saturated rings. The van der Waals surface area contributed by atoms with Crippen LogP contribution in [0.15, 0.2) is 24.3 Å². The number of nitrogens with one attached hydrogen (secondary N) is 3. The van der Waals surface area contributed by atoms with Gasteiger partial charge in [0.2, 0.25) is 11.8 Å². The van der Waals surface area contributed by atoms with Gasteiger partial charge in [-0.1, -0.05) is 83.3 Å². The van der Waals surface area contributed by atoms with E-state index in [9.17, 15) is 9.59 Å². The van der Waals surface area contributed by atoms with Gasteiger partial charge in [0, 0.05) is 37.8 Å². The Kier molecular flexibility index (Phi) is 16.9. The van der Waals surface area contributed by atoms with E-state index in [1.807, 2.05) is 24.3 Å². The van der Waals surface area contributed by atoms with Crippen LogP contribution in [0, 0.1) is 11.8 Å². The van der Waals surface area contributed by atoms with Crippen LogP contribution >= 0.6 is 11.8 Å². The normalized spacial score (nSPS) is 16.7. The second kappa shape index (κ2) is 20.1. The second-order valence-electron chi connectivity index (χ2n) is 10.1. The van der Waals surface area contributed by atoms with Crippen LogP contribution in [-0.2, 0) is 9.59 Å². The molecule has 1 unspecified atom stereocenters. The van der Waals surface area contributed by atoms with Crippen molar-refractivity contribution in [2.45, 2.75) is 122 Å². The summed E-state index contributed by atoms with van der Waals surface area (Å²) in [5, 5.41) is 9.42. The minimum atomic E-state index is -0.154. The molecule has 0 aliphatic carbocycles. The molecule has 1 aliphatic heterocycles. The molecule has 1 aromatic rings. The Bertz CT molecular complexity index is 831. The quantitative estimate of drug-likeness (QED) is 0.138. The summed E-state index contributed by atoms with van der Waals surface area (Å²) in [7, 11) is 0. The van der Waals surface area contributed by atoms with Crippen molar-refractivity contribution in [3.8, 4) is 11.8 Å². The number of rotatable bonds is 18. The Balaban J connectivity index is 1.41. The Morgan fingerprint density at radius 3 is 2.03 bits per heavy atom. The third-order valence-corrected chi connectivity index (χ3v) is 7.96. The van der Waals surface area contributed by atoms with E-state index < -0.39 is 0 Å². The highest BCUT2D eigenvalue weighted by Gasteiger charge is 2.30. The van der Waals surface area contributed by atoms with Gasteiger partial charge in [-0.3, -0.25) is 14.9 Å². The highest BCUT2D eigenvalue weighted by molar-refractivity contribution is 7.99. The van der Waals surface area contributed by atoms with Crippen molar-refractivity contribution in [3.05, 3.63) is 29.8 Å². The summed E-state index contributed by atoms with van der Waals surface area (Å²) >= 11 is 1.75. The van der Waals surface area contributed by atoms with E-state index in [-0.39, 0.29) is 23.2 Å². The molecule has 0 aromatic heterocycles. The van der Waals surface area contributed by atoms with Gasteiger partial charge in [-0.15, -0.1) is 23.6 Å². The smallest absolute Gasteiger partial charge is 0.238 e. The molecule has 1 heterocycles. The lowest BCUT2D eigenvalue weighted by molar-refractivity contribution is -0.122. The monoisotopic (exact) mass is 527 g/mol. The van der Waals surface area contributed by atoms with Crippen LogP contribution in [0.25, 0.3) is 0 Å².